The van der Waals surface area contributed by atoms with Gasteiger partial charge in [-0.2, -0.15) is 0 Å². The third-order valence-corrected chi connectivity index (χ3v) is 5.66. The number of nitrogens with zero attached hydrogens (tertiary/aromatic N) is 3. The second kappa shape index (κ2) is 8.79. The Morgan fingerprint density at radius 2 is 1.90 bits per heavy atom. The molecule has 0 bridgehead atoms. The molecular formula is C24H28N4O3. The van der Waals surface area contributed by atoms with Crippen LogP contribution in [0.1, 0.15) is 35.8 Å². The molecule has 0 saturated carbocycles. The molecule has 1 saturated heterocycles. The predicted octanol–water partition coefficient (Wildman–Crippen LogP) is 4.57. The minimum absolute atomic E-state index is 0.0149. The molecule has 0 radical (unpaired) electrons. The van der Waals surface area contributed by atoms with E-state index in [1.54, 1.807) is 20.4 Å². The lowest BCUT2D eigenvalue weighted by Crippen LogP contribution is -2.39. The van der Waals surface area contributed by atoms with E-state index in [-0.39, 0.29) is 5.91 Å². The van der Waals surface area contributed by atoms with E-state index in [2.05, 4.69) is 22.2 Å². The van der Waals surface area contributed by atoms with Crippen molar-refractivity contribution in [1.29, 1.82) is 0 Å². The standard InChI is InChI=1S/C24H28N4O3/c1-15-6-5-9-28(14-15)24(29)21-13-25-23-20(8-7-16(2)26-23)22(21)27-17-10-18(30-3)12-19(11-17)31-4/h7-8,10-13,15H,5-6,9,14H2,1-4H3,(H,25,26,27)/t15-/m0/s1. The number of aromatic nitrogens is 2. The van der Waals surface area contributed by atoms with Crippen LogP contribution in [0.5, 0.6) is 11.5 Å². The van der Waals surface area contributed by atoms with Crippen LogP contribution in [0.25, 0.3) is 11.0 Å². The first-order valence-electron chi connectivity index (χ1n) is 10.5. The Labute approximate surface area is 182 Å². The smallest absolute Gasteiger partial charge is 0.257 e. The Morgan fingerprint density at radius 1 is 1.16 bits per heavy atom. The summed E-state index contributed by atoms with van der Waals surface area (Å²) >= 11 is 0. The highest BCUT2D eigenvalue weighted by Crippen LogP contribution is 2.33. The van der Waals surface area contributed by atoms with Crippen LogP contribution >= 0.6 is 0 Å². The molecule has 7 heteroatoms. The highest BCUT2D eigenvalue weighted by Gasteiger charge is 2.25. The zero-order valence-corrected chi connectivity index (χ0v) is 18.4. The Kier molecular flexibility index (Phi) is 5.93. The summed E-state index contributed by atoms with van der Waals surface area (Å²) in [5.41, 5.74) is 3.45. The molecule has 3 heterocycles. The van der Waals surface area contributed by atoms with Crippen LogP contribution < -0.4 is 14.8 Å². The number of benzene rings is 1. The topological polar surface area (TPSA) is 76.6 Å². The van der Waals surface area contributed by atoms with Gasteiger partial charge in [0.2, 0.25) is 0 Å². The third kappa shape index (κ3) is 4.40. The zero-order chi connectivity index (χ0) is 22.0. The SMILES string of the molecule is COc1cc(Nc2c(C(=O)N3CCC[C@H](C)C3)cnc3nc(C)ccc23)cc(OC)c1. The van der Waals surface area contributed by atoms with E-state index in [0.717, 1.165) is 42.7 Å². The average Bonchev–Trinajstić information content (AvgIpc) is 2.78. The van der Waals surface area contributed by atoms with Crippen molar-refractivity contribution in [2.45, 2.75) is 26.7 Å². The zero-order valence-electron chi connectivity index (χ0n) is 18.4. The van der Waals surface area contributed by atoms with Crippen LogP contribution in [0.15, 0.2) is 36.5 Å². The lowest BCUT2D eigenvalue weighted by Gasteiger charge is -2.31. The number of carbonyl (C=O) groups excluding carboxylic acids is 1. The minimum Gasteiger partial charge on any atom is -0.497 e. The van der Waals surface area contributed by atoms with Crippen molar-refractivity contribution in [2.24, 2.45) is 5.92 Å². The molecule has 1 atom stereocenters. The molecule has 0 aliphatic carbocycles. The Balaban J connectivity index is 1.81. The molecule has 1 fully saturated rings. The number of rotatable bonds is 5. The van der Waals surface area contributed by atoms with Crippen LogP contribution in [-0.2, 0) is 0 Å². The van der Waals surface area contributed by atoms with E-state index < -0.39 is 0 Å². The van der Waals surface area contributed by atoms with Crippen molar-refractivity contribution < 1.29 is 14.3 Å². The van der Waals surface area contributed by atoms with Crippen molar-refractivity contribution >= 4 is 28.3 Å². The molecule has 0 spiro atoms. The molecule has 1 amide bonds. The maximum atomic E-state index is 13.5. The first-order valence-corrected chi connectivity index (χ1v) is 10.5. The monoisotopic (exact) mass is 420 g/mol. The number of methoxy groups -OCH3 is 2. The van der Waals surface area contributed by atoms with Crippen molar-refractivity contribution in [3.8, 4) is 11.5 Å². The Morgan fingerprint density at radius 3 is 2.58 bits per heavy atom. The van der Waals surface area contributed by atoms with Gasteiger partial charge in [0.05, 0.1) is 25.5 Å². The molecular weight excluding hydrogens is 392 g/mol. The first-order chi connectivity index (χ1) is 15.0. The summed E-state index contributed by atoms with van der Waals surface area (Å²) in [6.45, 7) is 5.64. The molecule has 7 nitrogen and oxygen atoms in total. The molecule has 1 aliphatic rings. The number of hydrogen-bond donors (Lipinski definition) is 1. The summed E-state index contributed by atoms with van der Waals surface area (Å²) in [6, 6.07) is 9.43. The van der Waals surface area contributed by atoms with Crippen molar-refractivity contribution in [1.82, 2.24) is 14.9 Å². The van der Waals surface area contributed by atoms with Gasteiger partial charge < -0.3 is 19.7 Å². The average molecular weight is 421 g/mol. The van der Waals surface area contributed by atoms with Crippen LogP contribution in [0.2, 0.25) is 0 Å². The number of nitrogens with one attached hydrogen (secondary N) is 1. The Bertz CT molecular complexity index is 1090. The van der Waals surface area contributed by atoms with Gasteiger partial charge in [-0.05, 0) is 37.8 Å². The second-order valence-electron chi connectivity index (χ2n) is 8.10. The van der Waals surface area contributed by atoms with Gasteiger partial charge in [0.25, 0.3) is 5.91 Å². The van der Waals surface area contributed by atoms with E-state index in [1.165, 1.54) is 0 Å². The number of pyridine rings is 2. The number of carbonyl (C=O) groups is 1. The van der Waals surface area contributed by atoms with Crippen molar-refractivity contribution in [3.05, 3.63) is 47.8 Å². The largest absolute Gasteiger partial charge is 0.497 e. The maximum Gasteiger partial charge on any atom is 0.257 e. The van der Waals surface area contributed by atoms with E-state index >= 15 is 0 Å². The number of aryl methyl sites for hydroxylation is 1. The summed E-state index contributed by atoms with van der Waals surface area (Å²) in [5.74, 6) is 1.80. The fraction of sp³-hybridized carbons (Fsp3) is 0.375. The fourth-order valence-corrected chi connectivity index (χ4v) is 4.04. The van der Waals surface area contributed by atoms with Crippen molar-refractivity contribution in [2.75, 3.05) is 32.6 Å². The summed E-state index contributed by atoms with van der Waals surface area (Å²) in [4.78, 5) is 24.5. The van der Waals surface area contributed by atoms with Crippen LogP contribution in [0.4, 0.5) is 11.4 Å². The highest BCUT2D eigenvalue weighted by atomic mass is 16.5. The number of fused-ring (bicyclic) bond motifs is 1. The number of hydrogen-bond acceptors (Lipinski definition) is 6. The summed E-state index contributed by atoms with van der Waals surface area (Å²) in [6.07, 6.45) is 3.80. The fourth-order valence-electron chi connectivity index (χ4n) is 4.04. The van der Waals surface area contributed by atoms with E-state index in [0.29, 0.717) is 34.3 Å². The van der Waals surface area contributed by atoms with E-state index in [1.807, 2.05) is 42.2 Å². The van der Waals surface area contributed by atoms with Crippen LogP contribution in [-0.4, -0.2) is 48.1 Å². The van der Waals surface area contributed by atoms with E-state index in [9.17, 15) is 4.79 Å². The van der Waals surface area contributed by atoms with Gasteiger partial charge in [0.1, 0.15) is 11.5 Å². The van der Waals surface area contributed by atoms with Gasteiger partial charge in [0, 0.05) is 54.3 Å². The summed E-state index contributed by atoms with van der Waals surface area (Å²) < 4.78 is 10.8. The number of amides is 1. The molecule has 162 valence electrons. The molecule has 1 aromatic carbocycles. The molecule has 31 heavy (non-hydrogen) atoms. The van der Waals surface area contributed by atoms with Gasteiger partial charge in [0.15, 0.2) is 5.65 Å². The first kappa shape index (κ1) is 20.9. The van der Waals surface area contributed by atoms with E-state index in [4.69, 9.17) is 9.47 Å². The van der Waals surface area contributed by atoms with Gasteiger partial charge >= 0.3 is 0 Å². The number of likely N-dealkylation sites (tertiary alicyclic amines) is 1. The highest BCUT2D eigenvalue weighted by molar-refractivity contribution is 6.07. The second-order valence-corrected chi connectivity index (χ2v) is 8.10. The Hall–Kier alpha value is -3.35. The third-order valence-electron chi connectivity index (χ3n) is 5.66. The number of anilines is 2. The van der Waals surface area contributed by atoms with Crippen molar-refractivity contribution in [3.63, 3.8) is 0 Å². The lowest BCUT2D eigenvalue weighted by molar-refractivity contribution is 0.0684. The van der Waals surface area contributed by atoms with Gasteiger partial charge in [-0.1, -0.05) is 6.92 Å². The minimum atomic E-state index is -0.0149. The summed E-state index contributed by atoms with van der Waals surface area (Å²) in [5, 5.41) is 4.22. The maximum absolute atomic E-state index is 13.5. The molecule has 0 unspecified atom stereocenters. The molecule has 2 aromatic heterocycles. The summed E-state index contributed by atoms with van der Waals surface area (Å²) in [7, 11) is 3.22. The van der Waals surface area contributed by atoms with Gasteiger partial charge in [-0.3, -0.25) is 4.79 Å². The number of ether oxygens (including phenoxy) is 2. The predicted molar refractivity (Wildman–Crippen MR) is 121 cm³/mol. The normalized spacial score (nSPS) is 16.3. The van der Waals surface area contributed by atoms with Gasteiger partial charge in [-0.25, -0.2) is 9.97 Å². The lowest BCUT2D eigenvalue weighted by atomic mass is 9.99. The molecule has 1 N–H and O–H groups in total. The van der Waals surface area contributed by atoms with Crippen LogP contribution in [0.3, 0.4) is 0 Å². The molecule has 1 aliphatic heterocycles. The van der Waals surface area contributed by atoms with Gasteiger partial charge in [-0.15, -0.1) is 0 Å². The molecule has 4 rings (SSSR count). The number of piperidine rings is 1. The van der Waals surface area contributed by atoms with Crippen LogP contribution in [0, 0.1) is 12.8 Å². The molecule has 3 aromatic rings. The quantitative estimate of drug-likeness (QED) is 0.652.